The second-order valence-corrected chi connectivity index (χ2v) is 9.50. The van der Waals surface area contributed by atoms with Crippen molar-refractivity contribution in [3.63, 3.8) is 0 Å². The van der Waals surface area contributed by atoms with Crippen LogP contribution >= 0.6 is 0 Å². The summed E-state index contributed by atoms with van der Waals surface area (Å²) < 4.78 is 37.8. The average Bonchev–Trinajstić information content (AvgIpc) is 3.13. The Labute approximate surface area is 131 Å². The lowest BCUT2D eigenvalue weighted by atomic mass is 9.81. The van der Waals surface area contributed by atoms with Gasteiger partial charge in [-0.25, -0.2) is 12.8 Å². The highest BCUT2D eigenvalue weighted by molar-refractivity contribution is 7.91. The summed E-state index contributed by atoms with van der Waals surface area (Å²) in [6, 6.07) is 5.43. The van der Waals surface area contributed by atoms with Crippen LogP contribution < -0.4 is 4.90 Å². The Bertz CT molecular complexity index is 695. The van der Waals surface area contributed by atoms with Gasteiger partial charge < -0.3 is 4.90 Å². The third kappa shape index (κ3) is 2.25. The van der Waals surface area contributed by atoms with Gasteiger partial charge in [0.2, 0.25) is 0 Å². The van der Waals surface area contributed by atoms with E-state index in [9.17, 15) is 12.8 Å². The van der Waals surface area contributed by atoms with Crippen molar-refractivity contribution in [3.05, 3.63) is 29.6 Å². The lowest BCUT2D eigenvalue weighted by molar-refractivity contribution is 0.452. The van der Waals surface area contributed by atoms with Crippen molar-refractivity contribution in [2.75, 3.05) is 29.5 Å². The zero-order valence-corrected chi connectivity index (χ0v) is 13.5. The first-order chi connectivity index (χ1) is 10.5. The number of hydrogen-bond donors (Lipinski definition) is 0. The first kappa shape index (κ1) is 14.5. The quantitative estimate of drug-likeness (QED) is 0.840. The van der Waals surface area contributed by atoms with E-state index >= 15 is 0 Å². The summed E-state index contributed by atoms with van der Waals surface area (Å²) in [5.74, 6) is 0.553. The van der Waals surface area contributed by atoms with Gasteiger partial charge in [0, 0.05) is 18.5 Å². The van der Waals surface area contributed by atoms with Crippen LogP contribution in [0.4, 0.5) is 10.1 Å². The van der Waals surface area contributed by atoms with Crippen molar-refractivity contribution < 1.29 is 12.8 Å². The Morgan fingerprint density at radius 2 is 2.05 bits per heavy atom. The van der Waals surface area contributed by atoms with Gasteiger partial charge in [0.1, 0.15) is 5.82 Å². The van der Waals surface area contributed by atoms with Crippen LogP contribution in [-0.2, 0) is 15.3 Å². The summed E-state index contributed by atoms with van der Waals surface area (Å²) in [4.78, 5) is 2.14. The molecule has 22 heavy (non-hydrogen) atoms. The Kier molecular flexibility index (Phi) is 3.26. The predicted octanol–water partition coefficient (Wildman–Crippen LogP) is 2.89. The van der Waals surface area contributed by atoms with Gasteiger partial charge in [-0.3, -0.25) is 0 Å². The molecule has 0 aromatic heterocycles. The minimum Gasteiger partial charge on any atom is -0.368 e. The molecule has 120 valence electrons. The van der Waals surface area contributed by atoms with Crippen LogP contribution in [0.15, 0.2) is 18.2 Å². The van der Waals surface area contributed by atoms with E-state index in [2.05, 4.69) is 11.0 Å². The van der Waals surface area contributed by atoms with Crippen molar-refractivity contribution in [2.45, 2.75) is 37.5 Å². The molecule has 0 amide bonds. The van der Waals surface area contributed by atoms with E-state index in [-0.39, 0.29) is 22.9 Å². The van der Waals surface area contributed by atoms with Gasteiger partial charge in [-0.05, 0) is 36.8 Å². The number of para-hydroxylation sites is 1. The van der Waals surface area contributed by atoms with E-state index in [0.29, 0.717) is 12.3 Å². The number of halogens is 1. The molecule has 1 unspecified atom stereocenters. The minimum atomic E-state index is -2.87. The Balaban J connectivity index is 1.65. The van der Waals surface area contributed by atoms with E-state index in [0.717, 1.165) is 37.1 Å². The van der Waals surface area contributed by atoms with Crippen molar-refractivity contribution in [1.29, 1.82) is 0 Å². The molecule has 1 aliphatic carbocycles. The molecule has 2 fully saturated rings. The molecule has 1 atom stereocenters. The van der Waals surface area contributed by atoms with Crippen LogP contribution in [0.5, 0.6) is 0 Å². The molecule has 1 aromatic rings. The third-order valence-corrected chi connectivity index (χ3v) is 7.57. The first-order valence-electron chi connectivity index (χ1n) is 8.24. The molecule has 3 nitrogen and oxygen atoms in total. The zero-order valence-electron chi connectivity index (χ0n) is 12.7. The first-order valence-corrected chi connectivity index (χ1v) is 10.1. The molecule has 0 N–H and O–H groups in total. The van der Waals surface area contributed by atoms with Crippen LogP contribution in [0.1, 0.15) is 37.7 Å². The molecule has 2 heterocycles. The molecule has 0 radical (unpaired) electrons. The number of fused-ring (bicyclic) bond motifs is 2. The van der Waals surface area contributed by atoms with Crippen LogP contribution in [0.25, 0.3) is 0 Å². The summed E-state index contributed by atoms with van der Waals surface area (Å²) in [7, 11) is -2.87. The summed E-state index contributed by atoms with van der Waals surface area (Å²) in [6.07, 6.45) is 5.39. The third-order valence-electron chi connectivity index (χ3n) is 5.73. The van der Waals surface area contributed by atoms with E-state index in [4.69, 9.17) is 0 Å². The Hall–Kier alpha value is -1.10. The Morgan fingerprint density at radius 1 is 1.27 bits per heavy atom. The van der Waals surface area contributed by atoms with E-state index in [1.54, 1.807) is 0 Å². The average molecular weight is 323 g/mol. The molecular formula is C17H22FNO2S. The van der Waals surface area contributed by atoms with Gasteiger partial charge in [-0.1, -0.05) is 25.0 Å². The maximum absolute atomic E-state index is 14.4. The van der Waals surface area contributed by atoms with Crippen molar-refractivity contribution >= 4 is 15.5 Å². The molecule has 3 aliphatic rings. The summed E-state index contributed by atoms with van der Waals surface area (Å²) in [5, 5.41) is 0. The normalized spacial score (nSPS) is 28.4. The van der Waals surface area contributed by atoms with Crippen LogP contribution in [0, 0.1) is 11.7 Å². The van der Waals surface area contributed by atoms with Gasteiger partial charge in [0.25, 0.3) is 0 Å². The largest absolute Gasteiger partial charge is 0.368 e. The van der Waals surface area contributed by atoms with E-state index in [1.165, 1.54) is 18.9 Å². The number of anilines is 1. The monoisotopic (exact) mass is 323 g/mol. The molecule has 1 spiro atoms. The number of benzene rings is 1. The van der Waals surface area contributed by atoms with Crippen LogP contribution in [0.2, 0.25) is 0 Å². The second-order valence-electron chi connectivity index (χ2n) is 7.27. The molecule has 1 saturated carbocycles. The standard InChI is InChI=1S/C17H22FNO2S/c18-15-5-3-4-14-16(15)19(12-17(14)7-1-2-8-17)10-13-6-9-22(20,21)11-13/h3-5,13H,1-2,6-12H2. The van der Waals surface area contributed by atoms with Gasteiger partial charge in [0.15, 0.2) is 9.84 Å². The molecular weight excluding hydrogens is 301 g/mol. The highest BCUT2D eigenvalue weighted by atomic mass is 32.2. The smallest absolute Gasteiger partial charge is 0.150 e. The van der Waals surface area contributed by atoms with E-state index < -0.39 is 9.84 Å². The number of rotatable bonds is 2. The van der Waals surface area contributed by atoms with Crippen molar-refractivity contribution in [1.82, 2.24) is 0 Å². The molecule has 4 rings (SSSR count). The van der Waals surface area contributed by atoms with Crippen molar-refractivity contribution in [3.8, 4) is 0 Å². The van der Waals surface area contributed by atoms with Gasteiger partial charge in [0.05, 0.1) is 17.2 Å². The maximum atomic E-state index is 14.4. The van der Waals surface area contributed by atoms with Gasteiger partial charge in [-0.2, -0.15) is 0 Å². The minimum absolute atomic E-state index is 0.106. The van der Waals surface area contributed by atoms with Gasteiger partial charge in [-0.15, -0.1) is 0 Å². The fourth-order valence-electron chi connectivity index (χ4n) is 4.76. The summed E-state index contributed by atoms with van der Waals surface area (Å²) >= 11 is 0. The Morgan fingerprint density at radius 3 is 2.73 bits per heavy atom. The number of hydrogen-bond acceptors (Lipinski definition) is 3. The lowest BCUT2D eigenvalue weighted by Crippen LogP contribution is -2.34. The molecule has 1 aromatic carbocycles. The van der Waals surface area contributed by atoms with E-state index in [1.807, 2.05) is 6.07 Å². The molecule has 0 bridgehead atoms. The maximum Gasteiger partial charge on any atom is 0.150 e. The zero-order chi connectivity index (χ0) is 15.4. The van der Waals surface area contributed by atoms with Crippen molar-refractivity contribution in [2.24, 2.45) is 5.92 Å². The highest BCUT2D eigenvalue weighted by Crippen LogP contribution is 2.51. The molecule has 1 saturated heterocycles. The topological polar surface area (TPSA) is 37.4 Å². The summed E-state index contributed by atoms with van der Waals surface area (Å²) in [6.45, 7) is 1.54. The predicted molar refractivity (Wildman–Crippen MR) is 85.5 cm³/mol. The van der Waals surface area contributed by atoms with Crippen LogP contribution in [-0.4, -0.2) is 33.0 Å². The summed E-state index contributed by atoms with van der Waals surface area (Å²) in [5.41, 5.74) is 2.01. The molecule has 5 heteroatoms. The number of sulfone groups is 1. The van der Waals surface area contributed by atoms with Gasteiger partial charge >= 0.3 is 0 Å². The fourth-order valence-corrected chi connectivity index (χ4v) is 6.61. The SMILES string of the molecule is O=S1(=O)CCC(CN2CC3(CCCC3)c3cccc(F)c32)C1. The highest BCUT2D eigenvalue weighted by Gasteiger charge is 2.46. The lowest BCUT2D eigenvalue weighted by Gasteiger charge is -2.27. The number of nitrogens with zero attached hydrogens (tertiary/aromatic N) is 1. The van der Waals surface area contributed by atoms with Crippen LogP contribution in [0.3, 0.4) is 0 Å². The fraction of sp³-hybridized carbons (Fsp3) is 0.647. The second kappa shape index (κ2) is 4.95. The molecule has 2 aliphatic heterocycles.